The van der Waals surface area contributed by atoms with Crippen LogP contribution in [0.5, 0.6) is 0 Å². The van der Waals surface area contributed by atoms with Gasteiger partial charge in [-0.2, -0.15) is 5.26 Å². The van der Waals surface area contributed by atoms with Crippen LogP contribution in [0.1, 0.15) is 5.56 Å². The Hall–Kier alpha value is -1.68. The molecule has 1 aromatic carbocycles. The van der Waals surface area contributed by atoms with Crippen LogP contribution >= 0.6 is 22.6 Å². The number of hydrogen-bond donors (Lipinski definition) is 1. The van der Waals surface area contributed by atoms with E-state index in [1.807, 2.05) is 28.7 Å². The lowest BCUT2D eigenvalue weighted by Gasteiger charge is -2.07. The van der Waals surface area contributed by atoms with E-state index < -0.39 is 0 Å². The highest BCUT2D eigenvalue weighted by Gasteiger charge is 2.02. The summed E-state index contributed by atoms with van der Waals surface area (Å²) in [6, 6.07) is 9.84. The molecule has 0 saturated heterocycles. The Labute approximate surface area is 111 Å². The number of rotatable bonds is 2. The number of benzene rings is 1. The third kappa shape index (κ3) is 2.91. The lowest BCUT2D eigenvalue weighted by molar-refractivity contribution is 0.627. The molecular weight excluding hydrogens is 332 g/mol. The van der Waals surface area contributed by atoms with Crippen molar-refractivity contribution in [3.8, 4) is 6.07 Å². The van der Waals surface area contributed by atoms with E-state index in [0.717, 1.165) is 9.26 Å². The zero-order chi connectivity index (χ0) is 12.3. The summed E-state index contributed by atoms with van der Waals surface area (Å²) in [4.78, 5) is 4.08. The fourth-order valence-electron chi connectivity index (χ4n) is 1.26. The molecule has 2 rings (SSSR count). The van der Waals surface area contributed by atoms with Gasteiger partial charge in [-0.25, -0.2) is 9.37 Å². The summed E-state index contributed by atoms with van der Waals surface area (Å²) in [5.41, 5.74) is 1.29. The maximum atomic E-state index is 12.9. The first-order valence-corrected chi connectivity index (χ1v) is 5.85. The Morgan fingerprint density at radius 1 is 1.29 bits per heavy atom. The van der Waals surface area contributed by atoms with Gasteiger partial charge in [-0.1, -0.05) is 0 Å². The number of nitrogens with zero attached hydrogens (tertiary/aromatic N) is 2. The quantitative estimate of drug-likeness (QED) is 0.853. The molecule has 0 saturated carbocycles. The van der Waals surface area contributed by atoms with Crippen molar-refractivity contribution in [3.05, 3.63) is 51.5 Å². The maximum Gasteiger partial charge on any atom is 0.130 e. The SMILES string of the molecule is N#Cc1ccc(Nc2ccc(F)cc2I)nc1. The molecule has 0 aliphatic rings. The van der Waals surface area contributed by atoms with Gasteiger partial charge in [0.15, 0.2) is 0 Å². The van der Waals surface area contributed by atoms with Gasteiger partial charge in [0.25, 0.3) is 0 Å². The number of nitrogens with one attached hydrogen (secondary N) is 1. The van der Waals surface area contributed by atoms with Crippen molar-refractivity contribution in [2.45, 2.75) is 0 Å². The van der Waals surface area contributed by atoms with Crippen molar-refractivity contribution in [2.24, 2.45) is 0 Å². The minimum atomic E-state index is -0.271. The average molecular weight is 339 g/mol. The molecule has 2 aromatic rings. The monoisotopic (exact) mass is 339 g/mol. The minimum absolute atomic E-state index is 0.271. The van der Waals surface area contributed by atoms with Crippen LogP contribution < -0.4 is 5.32 Å². The summed E-state index contributed by atoms with van der Waals surface area (Å²) in [5, 5.41) is 11.7. The molecule has 3 nitrogen and oxygen atoms in total. The number of nitriles is 1. The molecule has 5 heteroatoms. The van der Waals surface area contributed by atoms with Gasteiger partial charge in [-0.05, 0) is 52.9 Å². The topological polar surface area (TPSA) is 48.7 Å². The molecule has 0 amide bonds. The van der Waals surface area contributed by atoms with E-state index in [9.17, 15) is 4.39 Å². The van der Waals surface area contributed by atoms with Crippen LogP contribution in [0.15, 0.2) is 36.5 Å². The van der Waals surface area contributed by atoms with Crippen LogP contribution in [-0.2, 0) is 0 Å². The second-order valence-corrected chi connectivity index (χ2v) is 4.46. The smallest absolute Gasteiger partial charge is 0.130 e. The number of anilines is 2. The molecule has 0 unspecified atom stereocenters. The molecule has 0 spiro atoms. The standard InChI is InChI=1S/C12H7FIN3/c13-9-2-3-11(10(14)5-9)17-12-4-1-8(6-15)7-16-12/h1-5,7H,(H,16,17). The van der Waals surface area contributed by atoms with E-state index in [-0.39, 0.29) is 5.82 Å². The normalized spacial score (nSPS) is 9.71. The zero-order valence-corrected chi connectivity index (χ0v) is 10.8. The van der Waals surface area contributed by atoms with E-state index in [2.05, 4.69) is 10.3 Å². The van der Waals surface area contributed by atoms with Gasteiger partial charge in [0.2, 0.25) is 0 Å². The second kappa shape index (κ2) is 5.10. The Balaban J connectivity index is 2.23. The van der Waals surface area contributed by atoms with Crippen molar-refractivity contribution < 1.29 is 4.39 Å². The summed E-state index contributed by atoms with van der Waals surface area (Å²) >= 11 is 2.04. The van der Waals surface area contributed by atoms with Crippen molar-refractivity contribution in [3.63, 3.8) is 0 Å². The second-order valence-electron chi connectivity index (χ2n) is 3.29. The Kier molecular flexibility index (Phi) is 3.54. The Morgan fingerprint density at radius 2 is 2.12 bits per heavy atom. The predicted octanol–water partition coefficient (Wildman–Crippen LogP) is 3.44. The molecule has 84 valence electrons. The highest BCUT2D eigenvalue weighted by molar-refractivity contribution is 14.1. The molecule has 17 heavy (non-hydrogen) atoms. The van der Waals surface area contributed by atoms with E-state index in [1.165, 1.54) is 18.3 Å². The van der Waals surface area contributed by atoms with Crippen LogP contribution in [0, 0.1) is 20.7 Å². The van der Waals surface area contributed by atoms with Gasteiger partial charge < -0.3 is 5.32 Å². The molecular formula is C12H7FIN3. The summed E-state index contributed by atoms with van der Waals surface area (Å²) in [5.74, 6) is 0.348. The van der Waals surface area contributed by atoms with Gasteiger partial charge in [-0.3, -0.25) is 0 Å². The van der Waals surface area contributed by atoms with Crippen LogP contribution in [0.25, 0.3) is 0 Å². The molecule has 0 atom stereocenters. The maximum absolute atomic E-state index is 12.9. The molecule has 1 N–H and O–H groups in total. The van der Waals surface area contributed by atoms with Gasteiger partial charge in [0, 0.05) is 9.77 Å². The largest absolute Gasteiger partial charge is 0.339 e. The summed E-state index contributed by atoms with van der Waals surface area (Å²) in [6.07, 6.45) is 1.48. The lowest BCUT2D eigenvalue weighted by atomic mass is 10.3. The summed E-state index contributed by atoms with van der Waals surface area (Å²) in [6.45, 7) is 0. The van der Waals surface area contributed by atoms with E-state index in [4.69, 9.17) is 5.26 Å². The first kappa shape index (κ1) is 11.8. The predicted molar refractivity (Wildman–Crippen MR) is 71.4 cm³/mol. The lowest BCUT2D eigenvalue weighted by Crippen LogP contribution is -1.96. The first-order valence-electron chi connectivity index (χ1n) is 4.77. The Bertz CT molecular complexity index is 575. The van der Waals surface area contributed by atoms with E-state index in [0.29, 0.717) is 11.4 Å². The van der Waals surface area contributed by atoms with Crippen molar-refractivity contribution in [1.82, 2.24) is 4.98 Å². The van der Waals surface area contributed by atoms with Crippen molar-refractivity contribution >= 4 is 34.1 Å². The highest BCUT2D eigenvalue weighted by Crippen LogP contribution is 2.22. The van der Waals surface area contributed by atoms with Gasteiger partial charge in [0.05, 0.1) is 11.3 Å². The molecule has 0 fully saturated rings. The van der Waals surface area contributed by atoms with E-state index >= 15 is 0 Å². The summed E-state index contributed by atoms with van der Waals surface area (Å²) < 4.78 is 13.7. The minimum Gasteiger partial charge on any atom is -0.339 e. The first-order chi connectivity index (χ1) is 8.19. The van der Waals surface area contributed by atoms with Crippen LogP contribution in [0.3, 0.4) is 0 Å². The van der Waals surface area contributed by atoms with Crippen molar-refractivity contribution in [2.75, 3.05) is 5.32 Å². The third-order valence-electron chi connectivity index (χ3n) is 2.09. The van der Waals surface area contributed by atoms with Crippen LogP contribution in [0.4, 0.5) is 15.9 Å². The highest BCUT2D eigenvalue weighted by atomic mass is 127. The Morgan fingerprint density at radius 3 is 2.71 bits per heavy atom. The number of pyridine rings is 1. The van der Waals surface area contributed by atoms with Crippen molar-refractivity contribution in [1.29, 1.82) is 5.26 Å². The number of aromatic nitrogens is 1. The molecule has 1 aromatic heterocycles. The third-order valence-corrected chi connectivity index (χ3v) is 2.98. The fourth-order valence-corrected chi connectivity index (χ4v) is 1.87. The number of hydrogen-bond acceptors (Lipinski definition) is 3. The van der Waals surface area contributed by atoms with Crippen LogP contribution in [0.2, 0.25) is 0 Å². The van der Waals surface area contributed by atoms with Gasteiger partial charge in [0.1, 0.15) is 17.7 Å². The van der Waals surface area contributed by atoms with Gasteiger partial charge >= 0.3 is 0 Å². The molecule has 1 heterocycles. The molecule has 0 radical (unpaired) electrons. The van der Waals surface area contributed by atoms with Gasteiger partial charge in [-0.15, -0.1) is 0 Å². The van der Waals surface area contributed by atoms with E-state index in [1.54, 1.807) is 18.2 Å². The fraction of sp³-hybridized carbons (Fsp3) is 0. The average Bonchev–Trinajstić information content (AvgIpc) is 2.34. The van der Waals surface area contributed by atoms with Crippen LogP contribution in [-0.4, -0.2) is 4.98 Å². The molecule has 0 aliphatic heterocycles. The summed E-state index contributed by atoms with van der Waals surface area (Å²) in [7, 11) is 0. The zero-order valence-electron chi connectivity index (χ0n) is 8.61. The molecule has 0 aliphatic carbocycles. The molecule has 0 bridgehead atoms. The number of halogens is 2.